The Morgan fingerprint density at radius 3 is 2.77 bits per heavy atom. The number of amidine groups is 1. The van der Waals surface area contributed by atoms with E-state index in [2.05, 4.69) is 9.71 Å². The van der Waals surface area contributed by atoms with E-state index in [4.69, 9.17) is 9.47 Å². The summed E-state index contributed by atoms with van der Waals surface area (Å²) in [6.07, 6.45) is 0. The first kappa shape index (κ1) is 17.9. The third kappa shape index (κ3) is 3.67. The molecular weight excluding hydrogens is 363 g/mol. The largest absolute Gasteiger partial charge is 0.496 e. The predicted octanol–water partition coefficient (Wildman–Crippen LogP) is 1.62. The maximum atomic E-state index is 13.3. The molecule has 0 atom stereocenters. The van der Waals surface area contributed by atoms with Crippen LogP contribution in [0.2, 0.25) is 0 Å². The highest BCUT2D eigenvalue weighted by Crippen LogP contribution is 2.22. The van der Waals surface area contributed by atoms with Gasteiger partial charge in [-0.25, -0.2) is 12.8 Å². The minimum Gasteiger partial charge on any atom is -0.496 e. The molecule has 2 aromatic carbocycles. The zero-order chi connectivity index (χ0) is 18.7. The van der Waals surface area contributed by atoms with Crippen LogP contribution in [0, 0.1) is 5.82 Å². The first-order chi connectivity index (χ1) is 12.4. The van der Waals surface area contributed by atoms with Gasteiger partial charge in [0.1, 0.15) is 30.6 Å². The van der Waals surface area contributed by atoms with Crippen molar-refractivity contribution in [3.8, 4) is 5.75 Å². The molecule has 0 radical (unpaired) electrons. The van der Waals surface area contributed by atoms with Gasteiger partial charge < -0.3 is 9.47 Å². The Morgan fingerprint density at radius 1 is 1.23 bits per heavy atom. The van der Waals surface area contributed by atoms with Crippen molar-refractivity contribution in [1.82, 2.24) is 4.72 Å². The van der Waals surface area contributed by atoms with Gasteiger partial charge in [0.05, 0.1) is 12.0 Å². The van der Waals surface area contributed by atoms with Gasteiger partial charge in [-0.15, -0.1) is 0 Å². The summed E-state index contributed by atoms with van der Waals surface area (Å²) in [5.74, 6) is -0.690. The number of carbonyl (C=O) groups excluding carboxylic acids is 1. The monoisotopic (exact) mass is 378 g/mol. The number of benzene rings is 2. The molecule has 0 amide bonds. The van der Waals surface area contributed by atoms with Gasteiger partial charge in [0.15, 0.2) is 0 Å². The van der Waals surface area contributed by atoms with Gasteiger partial charge >= 0.3 is 5.97 Å². The SMILES string of the molecule is COc1ccc(F)cc1COC(=O)CN=C1NS(=O)(=O)c2ccccc21. The highest BCUT2D eigenvalue weighted by molar-refractivity contribution is 7.90. The normalized spacial score (nSPS) is 16.0. The van der Waals surface area contributed by atoms with Crippen LogP contribution in [-0.2, 0) is 26.2 Å². The molecule has 1 heterocycles. The summed E-state index contributed by atoms with van der Waals surface area (Å²) in [6.45, 7) is -0.573. The molecule has 0 aromatic heterocycles. The van der Waals surface area contributed by atoms with Crippen LogP contribution in [0.25, 0.3) is 0 Å². The van der Waals surface area contributed by atoms with Crippen LogP contribution in [-0.4, -0.2) is 33.9 Å². The zero-order valence-corrected chi connectivity index (χ0v) is 14.5. The second kappa shape index (κ2) is 7.12. The van der Waals surface area contributed by atoms with E-state index in [0.717, 1.165) is 0 Å². The van der Waals surface area contributed by atoms with Crippen molar-refractivity contribution in [3.05, 3.63) is 59.4 Å². The zero-order valence-electron chi connectivity index (χ0n) is 13.7. The van der Waals surface area contributed by atoms with E-state index >= 15 is 0 Å². The van der Waals surface area contributed by atoms with Gasteiger partial charge in [-0.3, -0.25) is 14.5 Å². The van der Waals surface area contributed by atoms with E-state index in [1.807, 2.05) is 0 Å². The van der Waals surface area contributed by atoms with Crippen LogP contribution in [0.3, 0.4) is 0 Å². The van der Waals surface area contributed by atoms with Crippen LogP contribution in [0.1, 0.15) is 11.1 Å². The Bertz CT molecular complexity index is 988. The number of ether oxygens (including phenoxy) is 2. The van der Waals surface area contributed by atoms with E-state index in [-0.39, 0.29) is 23.9 Å². The Labute approximate surface area is 149 Å². The van der Waals surface area contributed by atoms with Gasteiger partial charge in [-0.05, 0) is 30.3 Å². The van der Waals surface area contributed by atoms with E-state index in [1.165, 1.54) is 31.4 Å². The first-order valence-electron chi connectivity index (χ1n) is 7.55. The Hall–Kier alpha value is -2.94. The second-order valence-electron chi connectivity index (χ2n) is 5.38. The fourth-order valence-electron chi connectivity index (χ4n) is 2.46. The van der Waals surface area contributed by atoms with Crippen LogP contribution >= 0.6 is 0 Å². The van der Waals surface area contributed by atoms with Crippen molar-refractivity contribution in [2.75, 3.05) is 13.7 Å². The van der Waals surface area contributed by atoms with Crippen LogP contribution in [0.4, 0.5) is 4.39 Å². The molecule has 2 aromatic rings. The smallest absolute Gasteiger partial charge is 0.328 e. The molecule has 1 N–H and O–H groups in total. The molecule has 0 unspecified atom stereocenters. The lowest BCUT2D eigenvalue weighted by molar-refractivity contribution is -0.143. The number of carbonyl (C=O) groups is 1. The number of aliphatic imine (C=N–C) groups is 1. The number of sulfonamides is 1. The lowest BCUT2D eigenvalue weighted by atomic mass is 10.2. The van der Waals surface area contributed by atoms with Crippen molar-refractivity contribution in [3.63, 3.8) is 0 Å². The van der Waals surface area contributed by atoms with Crippen molar-refractivity contribution in [2.45, 2.75) is 11.5 Å². The molecule has 136 valence electrons. The maximum Gasteiger partial charge on any atom is 0.328 e. The standard InChI is InChI=1S/C17H15FN2O5S/c1-24-14-7-6-12(18)8-11(14)10-25-16(21)9-19-17-13-4-2-3-5-15(13)26(22,23)20-17/h2-8H,9-10H2,1H3,(H,19,20). The lowest BCUT2D eigenvalue weighted by Gasteiger charge is -2.09. The quantitative estimate of drug-likeness (QED) is 0.798. The fraction of sp³-hybridized carbons (Fsp3) is 0.176. The minimum atomic E-state index is -3.66. The number of esters is 1. The Balaban J connectivity index is 1.67. The highest BCUT2D eigenvalue weighted by Gasteiger charge is 2.30. The van der Waals surface area contributed by atoms with Crippen LogP contribution < -0.4 is 9.46 Å². The van der Waals surface area contributed by atoms with E-state index in [1.54, 1.807) is 18.2 Å². The molecule has 9 heteroatoms. The minimum absolute atomic E-state index is 0.0842. The summed E-state index contributed by atoms with van der Waals surface area (Å²) in [5, 5.41) is 0. The highest BCUT2D eigenvalue weighted by atomic mass is 32.2. The molecule has 26 heavy (non-hydrogen) atoms. The molecule has 0 bridgehead atoms. The molecule has 1 aliphatic rings. The maximum absolute atomic E-state index is 13.3. The topological polar surface area (TPSA) is 94.1 Å². The molecule has 0 aliphatic carbocycles. The van der Waals surface area contributed by atoms with Gasteiger partial charge in [-0.1, -0.05) is 12.1 Å². The number of hydrogen-bond acceptors (Lipinski definition) is 6. The van der Waals surface area contributed by atoms with Gasteiger partial charge in [-0.2, -0.15) is 0 Å². The molecule has 0 spiro atoms. The van der Waals surface area contributed by atoms with Gasteiger partial charge in [0.2, 0.25) is 0 Å². The van der Waals surface area contributed by atoms with Crippen molar-refractivity contribution < 1.29 is 27.1 Å². The first-order valence-corrected chi connectivity index (χ1v) is 9.04. The summed E-state index contributed by atoms with van der Waals surface area (Å²) in [6, 6.07) is 10.2. The fourth-order valence-corrected chi connectivity index (χ4v) is 3.71. The molecule has 1 aliphatic heterocycles. The average molecular weight is 378 g/mol. The number of fused-ring (bicyclic) bond motifs is 1. The van der Waals surface area contributed by atoms with Gasteiger partial charge in [0, 0.05) is 11.1 Å². The molecule has 0 saturated heterocycles. The average Bonchev–Trinajstić information content (AvgIpc) is 2.89. The van der Waals surface area contributed by atoms with E-state index in [9.17, 15) is 17.6 Å². The Morgan fingerprint density at radius 2 is 2.00 bits per heavy atom. The van der Waals surface area contributed by atoms with Crippen molar-refractivity contribution >= 4 is 21.8 Å². The predicted molar refractivity (Wildman–Crippen MR) is 90.9 cm³/mol. The third-order valence-electron chi connectivity index (χ3n) is 3.66. The van der Waals surface area contributed by atoms with Crippen LogP contribution in [0.5, 0.6) is 5.75 Å². The molecular formula is C17H15FN2O5S. The number of rotatable bonds is 5. The number of nitrogens with one attached hydrogen (secondary N) is 1. The number of methoxy groups -OCH3 is 1. The molecule has 0 saturated carbocycles. The number of nitrogens with zero attached hydrogens (tertiary/aromatic N) is 1. The van der Waals surface area contributed by atoms with Crippen molar-refractivity contribution in [2.24, 2.45) is 4.99 Å². The molecule has 7 nitrogen and oxygen atoms in total. The number of halogens is 1. The summed E-state index contributed by atoms with van der Waals surface area (Å²) in [4.78, 5) is 16.0. The summed E-state index contributed by atoms with van der Waals surface area (Å²) in [5.41, 5.74) is 0.771. The van der Waals surface area contributed by atoms with Gasteiger partial charge in [0.25, 0.3) is 10.0 Å². The molecule has 3 rings (SSSR count). The summed E-state index contributed by atoms with van der Waals surface area (Å²) in [7, 11) is -2.24. The summed E-state index contributed by atoms with van der Waals surface area (Å²) < 4.78 is 49.6. The van der Waals surface area contributed by atoms with E-state index < -0.39 is 21.8 Å². The lowest BCUT2D eigenvalue weighted by Crippen LogP contribution is -2.23. The van der Waals surface area contributed by atoms with E-state index in [0.29, 0.717) is 16.9 Å². The third-order valence-corrected chi connectivity index (χ3v) is 5.06. The second-order valence-corrected chi connectivity index (χ2v) is 7.03. The van der Waals surface area contributed by atoms with Crippen LogP contribution in [0.15, 0.2) is 52.4 Å². The Kier molecular flexibility index (Phi) is 4.90. The van der Waals surface area contributed by atoms with Crippen molar-refractivity contribution in [1.29, 1.82) is 0 Å². The number of hydrogen-bond donors (Lipinski definition) is 1. The summed E-state index contributed by atoms with van der Waals surface area (Å²) >= 11 is 0. The molecule has 0 fully saturated rings.